The summed E-state index contributed by atoms with van der Waals surface area (Å²) in [6.07, 6.45) is 0. The third-order valence-corrected chi connectivity index (χ3v) is 22.0. The van der Waals surface area contributed by atoms with Gasteiger partial charge in [-0.05, 0) is 181 Å². The maximum Gasteiger partial charge on any atom is 0.252 e. The van der Waals surface area contributed by atoms with Gasteiger partial charge in [-0.25, -0.2) is 0 Å². The van der Waals surface area contributed by atoms with E-state index < -0.39 is 0 Å². The molecule has 500 valence electrons. The SMILES string of the molecule is CC(C)(C)c1cccc(-c2ccc3c(c2)N(c2cc(-c4ccccc4)cc(-c4ccccc4)c2)c2cc(-n4c5ccccc5c5ccccc54)cc4c2B3c2ccc(N(c3ccccc3)c3ccc(-n5c6ccccc6c6ccccc65)cc3)cc2N4c2c(-c3ccccc3)cccc2-c2ccccc2)c1. The zero-order valence-corrected chi connectivity index (χ0v) is 59.2. The van der Waals surface area contributed by atoms with Crippen LogP contribution in [0.4, 0.5) is 51.2 Å². The average molecular weight is 1350 g/mol. The van der Waals surface area contributed by atoms with Crippen LogP contribution in [0.15, 0.2) is 382 Å². The lowest BCUT2D eigenvalue weighted by atomic mass is 9.33. The van der Waals surface area contributed by atoms with Crippen molar-refractivity contribution in [1.82, 2.24) is 9.13 Å². The first-order chi connectivity index (χ1) is 52.2. The standard InChI is InChI=1S/C100H72BN5/c1-100(2,3)75-38-27-37-71(60-75)72-51-57-88-94(63-72)105(80-61-73(67-29-9-4-10-30-67)59-74(62-80)68-31-11-5-12-32-68)96-65-81(104-92-49-25-21-43-86(92)87-44-22-26-50-93(87)104)66-97-98(96)101(88)89-58-56-79(64-95(89)106(97)99-82(69-33-13-6-14-34-69)45-28-46-83(99)70-35-15-7-16-36-70)102(76-39-17-8-18-40-76)77-52-54-78(55-53-77)103-90-47-23-19-41-84(90)85-42-20-24-48-91(85)103/h4-66H,1-3H3. The Morgan fingerprint density at radius 2 is 0.660 bits per heavy atom. The molecule has 0 fully saturated rings. The molecular weight excluding hydrogens is 1280 g/mol. The van der Waals surface area contributed by atoms with Crippen LogP contribution in [-0.2, 0) is 5.41 Å². The van der Waals surface area contributed by atoms with Gasteiger partial charge in [0.15, 0.2) is 0 Å². The minimum atomic E-state index is -0.260. The normalized spacial score (nSPS) is 12.4. The van der Waals surface area contributed by atoms with Crippen molar-refractivity contribution in [2.75, 3.05) is 14.7 Å². The number of nitrogens with zero attached hydrogens (tertiary/aromatic N) is 5. The van der Waals surface area contributed by atoms with E-state index >= 15 is 0 Å². The molecular formula is C100H72BN5. The zero-order chi connectivity index (χ0) is 70.6. The van der Waals surface area contributed by atoms with E-state index in [1.807, 2.05) is 0 Å². The van der Waals surface area contributed by atoms with Gasteiger partial charge in [0, 0.05) is 83.9 Å². The van der Waals surface area contributed by atoms with E-state index in [1.54, 1.807) is 0 Å². The third-order valence-electron chi connectivity index (χ3n) is 22.0. The summed E-state index contributed by atoms with van der Waals surface area (Å²) in [5.41, 5.74) is 32.7. The number of para-hydroxylation sites is 6. The van der Waals surface area contributed by atoms with Crippen molar-refractivity contribution >= 4 is 118 Å². The highest BCUT2D eigenvalue weighted by molar-refractivity contribution is 7.00. The molecule has 2 aromatic heterocycles. The van der Waals surface area contributed by atoms with E-state index in [1.165, 1.54) is 60.1 Å². The zero-order valence-electron chi connectivity index (χ0n) is 59.2. The second kappa shape index (κ2) is 25.2. The number of fused-ring (bicyclic) bond motifs is 10. The van der Waals surface area contributed by atoms with Crippen LogP contribution in [0.3, 0.4) is 0 Å². The Hall–Kier alpha value is -13.4. The highest BCUT2D eigenvalue weighted by Gasteiger charge is 2.45. The van der Waals surface area contributed by atoms with Crippen LogP contribution in [0.5, 0.6) is 0 Å². The van der Waals surface area contributed by atoms with E-state index in [0.717, 1.165) is 124 Å². The summed E-state index contributed by atoms with van der Waals surface area (Å²) < 4.78 is 4.93. The van der Waals surface area contributed by atoms with Crippen LogP contribution in [-0.4, -0.2) is 15.8 Å². The topological polar surface area (TPSA) is 19.6 Å². The van der Waals surface area contributed by atoms with Crippen molar-refractivity contribution in [2.45, 2.75) is 26.2 Å². The number of aromatic nitrogens is 2. The van der Waals surface area contributed by atoms with Crippen molar-refractivity contribution in [3.05, 3.63) is 388 Å². The monoisotopic (exact) mass is 1350 g/mol. The lowest BCUT2D eigenvalue weighted by Gasteiger charge is -2.45. The average Bonchev–Trinajstić information content (AvgIpc) is 0.701. The molecule has 2 aliphatic rings. The maximum atomic E-state index is 2.68. The van der Waals surface area contributed by atoms with Gasteiger partial charge in [-0.2, -0.15) is 0 Å². The first-order valence-corrected chi connectivity index (χ1v) is 36.8. The Bertz CT molecular complexity index is 6210. The summed E-state index contributed by atoms with van der Waals surface area (Å²) in [6.45, 7) is 6.68. The van der Waals surface area contributed by atoms with E-state index in [4.69, 9.17) is 0 Å². The number of hydrogen-bond donors (Lipinski definition) is 0. The Labute approximate surface area is 618 Å². The van der Waals surface area contributed by atoms with Crippen LogP contribution >= 0.6 is 0 Å². The molecule has 0 bridgehead atoms. The minimum absolute atomic E-state index is 0.0659. The summed E-state index contributed by atoms with van der Waals surface area (Å²) in [7, 11) is 0. The lowest BCUT2D eigenvalue weighted by molar-refractivity contribution is 0.590. The van der Waals surface area contributed by atoms with E-state index in [2.05, 4.69) is 427 Å². The Kier molecular flexibility index (Phi) is 14.8. The Morgan fingerprint density at radius 1 is 0.255 bits per heavy atom. The van der Waals surface area contributed by atoms with Gasteiger partial charge in [0.05, 0.1) is 33.4 Å². The Balaban J connectivity index is 0.916. The molecule has 5 nitrogen and oxygen atoms in total. The van der Waals surface area contributed by atoms with Gasteiger partial charge in [0.2, 0.25) is 0 Å². The summed E-state index contributed by atoms with van der Waals surface area (Å²) in [6, 6.07) is 143. The molecule has 20 rings (SSSR count). The fraction of sp³-hybridized carbons (Fsp3) is 0.0400. The van der Waals surface area contributed by atoms with E-state index in [0.29, 0.717) is 0 Å². The highest BCUT2D eigenvalue weighted by Crippen LogP contribution is 2.53. The predicted octanol–water partition coefficient (Wildman–Crippen LogP) is 25.1. The maximum absolute atomic E-state index is 2.68. The molecule has 0 spiro atoms. The fourth-order valence-electron chi connectivity index (χ4n) is 17.1. The molecule has 0 N–H and O–H groups in total. The predicted molar refractivity (Wildman–Crippen MR) is 450 cm³/mol. The van der Waals surface area contributed by atoms with E-state index in [9.17, 15) is 0 Å². The van der Waals surface area contributed by atoms with Gasteiger partial charge >= 0.3 is 0 Å². The second-order valence-corrected chi connectivity index (χ2v) is 29.2. The fourth-order valence-corrected chi connectivity index (χ4v) is 17.1. The molecule has 0 amide bonds. The third kappa shape index (κ3) is 10.4. The first-order valence-electron chi connectivity index (χ1n) is 36.8. The van der Waals surface area contributed by atoms with Crippen molar-refractivity contribution in [2.24, 2.45) is 0 Å². The van der Waals surface area contributed by atoms with Gasteiger partial charge < -0.3 is 23.8 Å². The van der Waals surface area contributed by atoms with Crippen LogP contribution in [0.1, 0.15) is 26.3 Å². The van der Waals surface area contributed by atoms with Gasteiger partial charge in [0.1, 0.15) is 0 Å². The highest BCUT2D eigenvalue weighted by atomic mass is 15.2. The number of anilines is 9. The van der Waals surface area contributed by atoms with E-state index in [-0.39, 0.29) is 12.1 Å². The minimum Gasteiger partial charge on any atom is -0.311 e. The lowest BCUT2D eigenvalue weighted by Crippen LogP contribution is -2.61. The largest absolute Gasteiger partial charge is 0.311 e. The smallest absolute Gasteiger partial charge is 0.252 e. The van der Waals surface area contributed by atoms with Crippen LogP contribution in [0, 0.1) is 0 Å². The molecule has 16 aromatic carbocycles. The van der Waals surface area contributed by atoms with Crippen LogP contribution < -0.4 is 31.1 Å². The molecule has 0 radical (unpaired) electrons. The molecule has 0 saturated carbocycles. The van der Waals surface area contributed by atoms with Crippen molar-refractivity contribution < 1.29 is 0 Å². The van der Waals surface area contributed by atoms with Crippen LogP contribution in [0.2, 0.25) is 0 Å². The van der Waals surface area contributed by atoms with Crippen molar-refractivity contribution in [3.63, 3.8) is 0 Å². The second-order valence-electron chi connectivity index (χ2n) is 29.2. The molecule has 18 aromatic rings. The Morgan fingerprint density at radius 3 is 1.18 bits per heavy atom. The number of rotatable bonds is 12. The summed E-state index contributed by atoms with van der Waals surface area (Å²) >= 11 is 0. The molecule has 106 heavy (non-hydrogen) atoms. The van der Waals surface area contributed by atoms with Crippen molar-refractivity contribution in [1.29, 1.82) is 0 Å². The van der Waals surface area contributed by atoms with Crippen LogP contribution in [0.25, 0.3) is 111 Å². The molecule has 0 unspecified atom stereocenters. The summed E-state index contributed by atoms with van der Waals surface area (Å²) in [4.78, 5) is 7.76. The summed E-state index contributed by atoms with van der Waals surface area (Å²) in [5.74, 6) is 0. The van der Waals surface area contributed by atoms with Gasteiger partial charge in [-0.1, -0.05) is 294 Å². The summed E-state index contributed by atoms with van der Waals surface area (Å²) in [5, 5.41) is 4.87. The van der Waals surface area contributed by atoms with Gasteiger partial charge in [0.25, 0.3) is 6.71 Å². The first kappa shape index (κ1) is 62.4. The van der Waals surface area contributed by atoms with Gasteiger partial charge in [-0.3, -0.25) is 0 Å². The molecule has 2 aliphatic heterocycles. The molecule has 4 heterocycles. The molecule has 0 aliphatic carbocycles. The molecule has 6 heteroatoms. The van der Waals surface area contributed by atoms with Gasteiger partial charge in [-0.15, -0.1) is 0 Å². The molecule has 0 saturated heterocycles. The number of benzene rings is 16. The quantitative estimate of drug-likeness (QED) is 0.114. The van der Waals surface area contributed by atoms with Crippen molar-refractivity contribution in [3.8, 4) is 67.0 Å². The number of hydrogen-bond acceptors (Lipinski definition) is 3. The molecule has 0 atom stereocenters.